The van der Waals surface area contributed by atoms with Gasteiger partial charge in [-0.1, -0.05) is 24.3 Å². The number of nitrogens with zero attached hydrogens (tertiary/aromatic N) is 9. The summed E-state index contributed by atoms with van der Waals surface area (Å²) in [4.78, 5) is 24.3. The standard InChI is InChI=1S/C27H26F3N9O/c1-4-38-14-20(27(28,29)30)35-24(38)17-7-5-16(6-8-17)11-39-25-18(10-34-39)9-31-23(36-25)21-22(19-12-37(2)13-19)32-15-33-26(21)40-3/h5-10,14-15,19H,4,11-13H2,1-3H3. The maximum Gasteiger partial charge on any atom is 0.434 e. The number of benzene rings is 1. The Hall–Kier alpha value is -4.39. The van der Waals surface area contributed by atoms with E-state index in [0.29, 0.717) is 41.6 Å². The highest BCUT2D eigenvalue weighted by Crippen LogP contribution is 2.36. The molecule has 5 aromatic rings. The second-order valence-corrected chi connectivity index (χ2v) is 9.77. The molecule has 0 bridgehead atoms. The van der Waals surface area contributed by atoms with Gasteiger partial charge in [-0.2, -0.15) is 18.3 Å². The molecule has 0 atom stereocenters. The number of imidazole rings is 1. The number of likely N-dealkylation sites (N-methyl/N-ethyl adjacent to an activating group) is 1. The Morgan fingerprint density at radius 1 is 1.02 bits per heavy atom. The number of rotatable bonds is 7. The zero-order valence-corrected chi connectivity index (χ0v) is 22.1. The summed E-state index contributed by atoms with van der Waals surface area (Å²) in [6.07, 6.45) is 1.46. The molecular formula is C27H26F3N9O. The van der Waals surface area contributed by atoms with Crippen LogP contribution >= 0.6 is 0 Å². The normalized spacial score (nSPS) is 14.6. The number of ether oxygens (including phenoxy) is 1. The van der Waals surface area contributed by atoms with Crippen LogP contribution in [0.4, 0.5) is 13.2 Å². The van der Waals surface area contributed by atoms with Crippen LogP contribution in [0.15, 0.2) is 49.2 Å². The number of alkyl halides is 3. The molecule has 0 spiro atoms. The lowest BCUT2D eigenvalue weighted by Crippen LogP contribution is -2.42. The third kappa shape index (κ3) is 4.66. The van der Waals surface area contributed by atoms with Crippen molar-refractivity contribution in [3.8, 4) is 28.7 Å². The molecule has 0 aliphatic carbocycles. The average molecular weight is 550 g/mol. The Bertz CT molecular complexity index is 1670. The number of hydrogen-bond acceptors (Lipinski definition) is 8. The lowest BCUT2D eigenvalue weighted by molar-refractivity contribution is -0.140. The van der Waals surface area contributed by atoms with E-state index < -0.39 is 11.9 Å². The molecular weight excluding hydrogens is 523 g/mol. The second kappa shape index (κ2) is 9.97. The summed E-state index contributed by atoms with van der Waals surface area (Å²) < 4.78 is 48.4. The molecule has 4 aromatic heterocycles. The topological polar surface area (TPSA) is 99.7 Å². The number of halogens is 3. The van der Waals surface area contributed by atoms with Crippen molar-refractivity contribution in [1.29, 1.82) is 0 Å². The van der Waals surface area contributed by atoms with Crippen LogP contribution in [0.5, 0.6) is 5.88 Å². The fourth-order valence-electron chi connectivity index (χ4n) is 4.99. The first kappa shape index (κ1) is 25.9. The summed E-state index contributed by atoms with van der Waals surface area (Å²) in [5, 5.41) is 5.27. The van der Waals surface area contributed by atoms with E-state index in [0.717, 1.165) is 35.9 Å². The molecule has 206 valence electrons. The maximum absolute atomic E-state index is 13.2. The molecule has 0 N–H and O–H groups in total. The van der Waals surface area contributed by atoms with Crippen LogP contribution in [0, 0.1) is 0 Å². The predicted molar refractivity (Wildman–Crippen MR) is 141 cm³/mol. The molecule has 1 saturated heterocycles. The minimum atomic E-state index is -4.50. The van der Waals surface area contributed by atoms with Gasteiger partial charge in [0.25, 0.3) is 0 Å². The lowest BCUT2D eigenvalue weighted by Gasteiger charge is -2.36. The highest BCUT2D eigenvalue weighted by molar-refractivity contribution is 5.77. The summed E-state index contributed by atoms with van der Waals surface area (Å²) in [6.45, 7) is 4.30. The van der Waals surface area contributed by atoms with Crippen molar-refractivity contribution in [1.82, 2.24) is 44.2 Å². The van der Waals surface area contributed by atoms with Crippen molar-refractivity contribution in [3.63, 3.8) is 0 Å². The van der Waals surface area contributed by atoms with E-state index in [1.54, 1.807) is 43.2 Å². The minimum Gasteiger partial charge on any atom is -0.480 e. The molecule has 1 aliphatic rings. The molecule has 1 aromatic carbocycles. The van der Waals surface area contributed by atoms with Gasteiger partial charge in [0.2, 0.25) is 5.88 Å². The van der Waals surface area contributed by atoms with Gasteiger partial charge in [0.05, 0.1) is 30.9 Å². The van der Waals surface area contributed by atoms with E-state index in [-0.39, 0.29) is 11.7 Å². The van der Waals surface area contributed by atoms with Crippen LogP contribution in [-0.2, 0) is 19.3 Å². The molecule has 5 heterocycles. The minimum absolute atomic E-state index is 0.232. The fraction of sp³-hybridized carbons (Fsp3) is 0.333. The first-order valence-electron chi connectivity index (χ1n) is 12.7. The molecule has 0 saturated carbocycles. The van der Waals surface area contributed by atoms with Gasteiger partial charge in [-0.3, -0.25) is 0 Å². The van der Waals surface area contributed by atoms with Crippen LogP contribution in [0.1, 0.15) is 29.8 Å². The third-order valence-corrected chi connectivity index (χ3v) is 7.04. The predicted octanol–water partition coefficient (Wildman–Crippen LogP) is 4.27. The smallest absolute Gasteiger partial charge is 0.434 e. The number of aromatic nitrogens is 8. The van der Waals surface area contributed by atoms with Gasteiger partial charge in [-0.05, 0) is 19.5 Å². The summed E-state index contributed by atoms with van der Waals surface area (Å²) in [6, 6.07) is 7.24. The van der Waals surface area contributed by atoms with E-state index >= 15 is 0 Å². The van der Waals surface area contributed by atoms with Crippen LogP contribution in [0.3, 0.4) is 0 Å². The first-order valence-corrected chi connectivity index (χ1v) is 12.7. The summed E-state index contributed by atoms with van der Waals surface area (Å²) in [7, 11) is 3.62. The highest BCUT2D eigenvalue weighted by Gasteiger charge is 2.35. The first-order chi connectivity index (χ1) is 19.2. The van der Waals surface area contributed by atoms with Gasteiger partial charge in [0, 0.05) is 43.5 Å². The quantitative estimate of drug-likeness (QED) is 0.297. The monoisotopic (exact) mass is 549 g/mol. The van der Waals surface area contributed by atoms with E-state index in [1.165, 1.54) is 10.9 Å². The molecule has 0 radical (unpaired) electrons. The molecule has 0 unspecified atom stereocenters. The SMILES string of the molecule is CCn1cc(C(F)(F)F)nc1-c1ccc(Cn2ncc3cnc(-c4c(OC)ncnc4C4CN(C)C4)nc32)cc1. The van der Waals surface area contributed by atoms with Crippen LogP contribution < -0.4 is 4.74 Å². The van der Waals surface area contributed by atoms with E-state index in [4.69, 9.17) is 9.72 Å². The van der Waals surface area contributed by atoms with E-state index in [1.807, 2.05) is 12.1 Å². The zero-order chi connectivity index (χ0) is 28.0. The molecule has 1 aliphatic heterocycles. The Morgan fingerprint density at radius 2 is 1.80 bits per heavy atom. The van der Waals surface area contributed by atoms with Gasteiger partial charge >= 0.3 is 6.18 Å². The number of aryl methyl sites for hydroxylation is 1. The van der Waals surface area contributed by atoms with Crippen LogP contribution in [0.25, 0.3) is 33.8 Å². The van der Waals surface area contributed by atoms with Crippen LogP contribution in [0.2, 0.25) is 0 Å². The van der Waals surface area contributed by atoms with Crippen LogP contribution in [-0.4, -0.2) is 71.4 Å². The van der Waals surface area contributed by atoms with Gasteiger partial charge in [0.15, 0.2) is 17.2 Å². The summed E-state index contributed by atoms with van der Waals surface area (Å²) in [5.74, 6) is 1.38. The lowest BCUT2D eigenvalue weighted by atomic mass is 9.93. The Morgan fingerprint density at radius 3 is 2.48 bits per heavy atom. The number of methoxy groups -OCH3 is 1. The highest BCUT2D eigenvalue weighted by atomic mass is 19.4. The number of fused-ring (bicyclic) bond motifs is 1. The molecule has 40 heavy (non-hydrogen) atoms. The molecule has 1 fully saturated rings. The van der Waals surface area contributed by atoms with Crippen molar-refractivity contribution in [3.05, 3.63) is 66.1 Å². The molecule has 13 heteroatoms. The third-order valence-electron chi connectivity index (χ3n) is 7.04. The van der Waals surface area contributed by atoms with Gasteiger partial charge < -0.3 is 14.2 Å². The average Bonchev–Trinajstić information content (AvgIpc) is 3.55. The summed E-state index contributed by atoms with van der Waals surface area (Å²) >= 11 is 0. The molecule has 0 amide bonds. The number of likely N-dealkylation sites (tertiary alicyclic amines) is 1. The zero-order valence-electron chi connectivity index (χ0n) is 22.1. The van der Waals surface area contributed by atoms with Crippen molar-refractivity contribution >= 4 is 11.0 Å². The second-order valence-electron chi connectivity index (χ2n) is 9.77. The van der Waals surface area contributed by atoms with E-state index in [9.17, 15) is 13.2 Å². The fourth-order valence-corrected chi connectivity index (χ4v) is 4.99. The summed E-state index contributed by atoms with van der Waals surface area (Å²) in [5.41, 5.74) is 2.75. The maximum atomic E-state index is 13.2. The Kier molecular flexibility index (Phi) is 6.45. The Labute approximate surface area is 227 Å². The van der Waals surface area contributed by atoms with Gasteiger partial charge in [-0.25, -0.2) is 29.6 Å². The molecule has 10 nitrogen and oxygen atoms in total. The largest absolute Gasteiger partial charge is 0.480 e. The number of hydrogen-bond donors (Lipinski definition) is 0. The van der Waals surface area contributed by atoms with Crippen molar-refractivity contribution in [2.45, 2.75) is 32.1 Å². The van der Waals surface area contributed by atoms with Gasteiger partial charge in [0.1, 0.15) is 17.7 Å². The Balaban J connectivity index is 1.31. The van der Waals surface area contributed by atoms with Crippen molar-refractivity contribution in [2.75, 3.05) is 27.2 Å². The van der Waals surface area contributed by atoms with Gasteiger partial charge in [-0.15, -0.1) is 0 Å². The van der Waals surface area contributed by atoms with E-state index in [2.05, 4.69) is 37.0 Å². The van der Waals surface area contributed by atoms with Crippen molar-refractivity contribution < 1.29 is 17.9 Å². The molecule has 6 rings (SSSR count). The van der Waals surface area contributed by atoms with Crippen molar-refractivity contribution in [2.24, 2.45) is 0 Å².